The Morgan fingerprint density at radius 3 is 3.00 bits per heavy atom. The van der Waals surface area contributed by atoms with Crippen molar-refractivity contribution in [2.75, 3.05) is 31.1 Å². The van der Waals surface area contributed by atoms with E-state index in [0.29, 0.717) is 17.4 Å². The smallest absolute Gasteiger partial charge is 0.280 e. The molecule has 3 heterocycles. The normalized spacial score (nSPS) is 14.2. The number of aromatic nitrogens is 3. The topological polar surface area (TPSA) is 83.0 Å². The third-order valence-electron chi connectivity index (χ3n) is 4.49. The summed E-state index contributed by atoms with van der Waals surface area (Å²) in [7, 11) is 0.227. The molecule has 0 amide bonds. The molecule has 1 aromatic carbocycles. The first-order valence-electron chi connectivity index (χ1n) is 8.51. The van der Waals surface area contributed by atoms with Crippen LogP contribution >= 0.6 is 23.4 Å². The van der Waals surface area contributed by atoms with Crippen molar-refractivity contribution in [1.82, 2.24) is 19.4 Å². The van der Waals surface area contributed by atoms with E-state index in [2.05, 4.69) is 19.6 Å². The largest absolute Gasteiger partial charge is 0.361 e. The molecule has 0 saturated carbocycles. The molecule has 1 aliphatic heterocycles. The van der Waals surface area contributed by atoms with Gasteiger partial charge in [-0.25, -0.2) is 4.98 Å². The van der Waals surface area contributed by atoms with Crippen LogP contribution in [0.5, 0.6) is 0 Å². The number of aromatic amines is 1. The summed E-state index contributed by atoms with van der Waals surface area (Å²) in [6.45, 7) is 1.50. The van der Waals surface area contributed by atoms with Crippen LogP contribution in [0.2, 0.25) is 5.15 Å². The van der Waals surface area contributed by atoms with E-state index in [1.807, 2.05) is 32.4 Å². The lowest BCUT2D eigenvalue weighted by atomic mass is 10.1. The SMILES string of the molecule is CN(C)CCc1c[nH]c2ccc(NS(=O)(=O)c3c(Cl)nc4n3CCS4)cc12. The average Bonchev–Trinajstić information content (AvgIpc) is 3.26. The van der Waals surface area contributed by atoms with Gasteiger partial charge >= 0.3 is 0 Å². The molecule has 144 valence electrons. The molecular weight excluding hydrogens is 406 g/mol. The highest BCUT2D eigenvalue weighted by molar-refractivity contribution is 7.99. The van der Waals surface area contributed by atoms with Gasteiger partial charge in [-0.2, -0.15) is 8.42 Å². The van der Waals surface area contributed by atoms with Crippen LogP contribution in [0.1, 0.15) is 5.56 Å². The minimum absolute atomic E-state index is 0.0131. The van der Waals surface area contributed by atoms with Crippen LogP contribution in [-0.2, 0) is 23.0 Å². The lowest BCUT2D eigenvalue weighted by molar-refractivity contribution is 0.414. The number of hydrogen-bond acceptors (Lipinski definition) is 5. The van der Waals surface area contributed by atoms with Crippen LogP contribution in [0.3, 0.4) is 0 Å². The molecule has 10 heteroatoms. The summed E-state index contributed by atoms with van der Waals surface area (Å²) in [5.41, 5.74) is 2.64. The van der Waals surface area contributed by atoms with Crippen LogP contribution in [0.15, 0.2) is 34.6 Å². The summed E-state index contributed by atoms with van der Waals surface area (Å²) in [4.78, 5) is 9.51. The molecule has 0 aliphatic carbocycles. The number of nitrogens with zero attached hydrogens (tertiary/aromatic N) is 3. The molecule has 2 aromatic heterocycles. The number of benzene rings is 1. The van der Waals surface area contributed by atoms with Gasteiger partial charge in [0, 0.05) is 41.6 Å². The van der Waals surface area contributed by atoms with Gasteiger partial charge in [-0.1, -0.05) is 23.4 Å². The third-order valence-corrected chi connectivity index (χ3v) is 7.25. The lowest BCUT2D eigenvalue weighted by Crippen LogP contribution is -2.17. The standard InChI is InChI=1S/C17H20ClN5O2S2/c1-22(2)6-5-11-10-19-14-4-3-12(9-13(11)14)21-27(24,25)16-15(18)20-17-23(16)7-8-26-17/h3-4,9-10,19,21H,5-8H2,1-2H3. The second-order valence-electron chi connectivity index (χ2n) is 6.72. The zero-order valence-corrected chi connectivity index (χ0v) is 17.4. The number of nitrogens with one attached hydrogen (secondary N) is 2. The van der Waals surface area contributed by atoms with Crippen LogP contribution in [-0.4, -0.2) is 54.2 Å². The first-order valence-corrected chi connectivity index (χ1v) is 11.4. The number of halogens is 1. The molecule has 7 nitrogen and oxygen atoms in total. The van der Waals surface area contributed by atoms with E-state index in [1.54, 1.807) is 10.6 Å². The van der Waals surface area contributed by atoms with E-state index >= 15 is 0 Å². The van der Waals surface area contributed by atoms with Crippen molar-refractivity contribution in [3.05, 3.63) is 35.1 Å². The van der Waals surface area contributed by atoms with Gasteiger partial charge in [-0.3, -0.25) is 4.72 Å². The van der Waals surface area contributed by atoms with E-state index in [1.165, 1.54) is 11.8 Å². The van der Waals surface area contributed by atoms with E-state index in [-0.39, 0.29) is 10.2 Å². The zero-order valence-electron chi connectivity index (χ0n) is 15.0. The van der Waals surface area contributed by atoms with Crippen molar-refractivity contribution in [3.63, 3.8) is 0 Å². The monoisotopic (exact) mass is 425 g/mol. The van der Waals surface area contributed by atoms with E-state index < -0.39 is 10.0 Å². The van der Waals surface area contributed by atoms with Gasteiger partial charge in [0.1, 0.15) is 0 Å². The first kappa shape index (κ1) is 18.7. The Bertz CT molecular complexity index is 1100. The lowest BCUT2D eigenvalue weighted by Gasteiger charge is -2.11. The highest BCUT2D eigenvalue weighted by Crippen LogP contribution is 2.34. The molecular formula is C17H20ClN5O2S2. The second-order valence-corrected chi connectivity index (χ2v) is 9.74. The summed E-state index contributed by atoms with van der Waals surface area (Å²) in [6, 6.07) is 5.49. The Balaban J connectivity index is 1.66. The molecule has 0 fully saturated rings. The van der Waals surface area contributed by atoms with E-state index in [0.717, 1.165) is 35.2 Å². The van der Waals surface area contributed by atoms with Gasteiger partial charge in [0.15, 0.2) is 15.3 Å². The summed E-state index contributed by atoms with van der Waals surface area (Å²) in [5, 5.41) is 1.70. The number of fused-ring (bicyclic) bond motifs is 2. The fourth-order valence-corrected chi connectivity index (χ4v) is 5.99. The number of H-pyrrole nitrogens is 1. The number of imidazole rings is 1. The fourth-order valence-electron chi connectivity index (χ4n) is 3.18. The maximum atomic E-state index is 12.9. The highest BCUT2D eigenvalue weighted by atomic mass is 35.5. The molecule has 0 atom stereocenters. The van der Waals surface area contributed by atoms with Crippen molar-refractivity contribution < 1.29 is 8.42 Å². The summed E-state index contributed by atoms with van der Waals surface area (Å²) in [5.74, 6) is 0.798. The Labute approximate surface area is 167 Å². The van der Waals surface area contributed by atoms with Crippen LogP contribution in [0, 0.1) is 0 Å². The highest BCUT2D eigenvalue weighted by Gasteiger charge is 2.30. The zero-order chi connectivity index (χ0) is 19.2. The Morgan fingerprint density at radius 1 is 1.41 bits per heavy atom. The molecule has 0 spiro atoms. The van der Waals surface area contributed by atoms with Crippen molar-refractivity contribution in [3.8, 4) is 0 Å². The predicted molar refractivity (Wildman–Crippen MR) is 109 cm³/mol. The van der Waals surface area contributed by atoms with Gasteiger partial charge in [-0.05, 0) is 44.3 Å². The molecule has 1 aliphatic rings. The fraction of sp³-hybridized carbons (Fsp3) is 0.353. The maximum absolute atomic E-state index is 12.9. The minimum Gasteiger partial charge on any atom is -0.361 e. The van der Waals surface area contributed by atoms with E-state index in [9.17, 15) is 8.42 Å². The average molecular weight is 426 g/mol. The summed E-state index contributed by atoms with van der Waals surface area (Å²) in [6.07, 6.45) is 2.85. The Kier molecular flexibility index (Phi) is 4.87. The molecule has 27 heavy (non-hydrogen) atoms. The summed E-state index contributed by atoms with van der Waals surface area (Å²) < 4.78 is 30.2. The first-order chi connectivity index (χ1) is 12.8. The van der Waals surface area contributed by atoms with Gasteiger partial charge in [0.2, 0.25) is 0 Å². The molecule has 2 N–H and O–H groups in total. The molecule has 0 bridgehead atoms. The van der Waals surface area contributed by atoms with Crippen LogP contribution in [0.25, 0.3) is 10.9 Å². The van der Waals surface area contributed by atoms with Gasteiger partial charge in [0.05, 0.1) is 0 Å². The van der Waals surface area contributed by atoms with Crippen molar-refractivity contribution >= 4 is 50.0 Å². The predicted octanol–water partition coefficient (Wildman–Crippen LogP) is 3.03. The van der Waals surface area contributed by atoms with Crippen molar-refractivity contribution in [2.24, 2.45) is 0 Å². The van der Waals surface area contributed by atoms with E-state index in [4.69, 9.17) is 11.6 Å². The van der Waals surface area contributed by atoms with Gasteiger partial charge in [0.25, 0.3) is 10.0 Å². The molecule has 0 unspecified atom stereocenters. The second kappa shape index (κ2) is 7.05. The molecule has 0 saturated heterocycles. The van der Waals surface area contributed by atoms with Crippen molar-refractivity contribution in [2.45, 2.75) is 23.1 Å². The van der Waals surface area contributed by atoms with Crippen molar-refractivity contribution in [1.29, 1.82) is 0 Å². The molecule has 0 radical (unpaired) electrons. The molecule has 4 rings (SSSR count). The number of thioether (sulfide) groups is 1. The van der Waals surface area contributed by atoms with Crippen LogP contribution < -0.4 is 4.72 Å². The molecule has 3 aromatic rings. The summed E-state index contributed by atoms with van der Waals surface area (Å²) >= 11 is 7.62. The third kappa shape index (κ3) is 3.56. The Morgan fingerprint density at radius 2 is 2.22 bits per heavy atom. The van der Waals surface area contributed by atoms with Gasteiger partial charge < -0.3 is 14.5 Å². The number of sulfonamides is 1. The number of hydrogen-bond donors (Lipinski definition) is 2. The maximum Gasteiger partial charge on any atom is 0.280 e. The number of likely N-dealkylation sites (N-methyl/N-ethyl adjacent to an activating group) is 1. The van der Waals surface area contributed by atoms with Crippen LogP contribution in [0.4, 0.5) is 5.69 Å². The number of anilines is 1. The quantitative estimate of drug-likeness (QED) is 0.634. The van der Waals surface area contributed by atoms with Gasteiger partial charge in [-0.15, -0.1) is 0 Å². The Hall–Kier alpha value is -1.68. The number of rotatable bonds is 6. The minimum atomic E-state index is -3.83.